The summed E-state index contributed by atoms with van der Waals surface area (Å²) in [5, 5.41) is 14.7. The maximum atomic E-state index is 12.7. The molecule has 140 valence electrons. The Kier molecular flexibility index (Phi) is 7.03. The number of hydrogen-bond acceptors (Lipinski definition) is 3. The van der Waals surface area contributed by atoms with Gasteiger partial charge in [-0.15, -0.1) is 0 Å². The molecule has 0 rings (SSSR count). The molecule has 0 radical (unpaired) electrons. The van der Waals surface area contributed by atoms with E-state index in [1.54, 1.807) is 0 Å². The molecule has 0 aliphatic heterocycles. The number of aliphatic carboxylic acids is 1. The van der Waals surface area contributed by atoms with Crippen molar-refractivity contribution < 1.29 is 19.5 Å². The second-order valence-corrected chi connectivity index (χ2v) is 9.56. The highest BCUT2D eigenvalue weighted by molar-refractivity contribution is 5.91. The van der Waals surface area contributed by atoms with Crippen LogP contribution in [0.3, 0.4) is 0 Å². The minimum Gasteiger partial charge on any atom is -0.481 e. The van der Waals surface area contributed by atoms with Crippen LogP contribution in [0.25, 0.3) is 0 Å². The minimum absolute atomic E-state index is 0.271. The van der Waals surface area contributed by atoms with Crippen molar-refractivity contribution in [2.24, 2.45) is 16.7 Å². The number of hydrogen-bond donors (Lipinski definition) is 3. The molecule has 0 aromatic rings. The van der Waals surface area contributed by atoms with E-state index in [2.05, 4.69) is 10.6 Å². The highest BCUT2D eigenvalue weighted by Gasteiger charge is 2.39. The normalized spacial score (nSPS) is 15.4. The standard InChI is InChI=1S/C18H34N2O4/c1-16(2,3)11(10-12(21)22)14(23)19-13(17(4,5)6)15(24)20-18(7,8)9/h11,13H,10H2,1-9H3,(H,19,23)(H,20,24)(H,21,22)/t11-,13?/m1/s1. The molecule has 24 heavy (non-hydrogen) atoms. The molecule has 2 amide bonds. The topological polar surface area (TPSA) is 95.5 Å². The molecular weight excluding hydrogens is 308 g/mol. The first kappa shape index (κ1) is 22.4. The lowest BCUT2D eigenvalue weighted by atomic mass is 9.77. The molecule has 6 heteroatoms. The minimum atomic E-state index is -1.03. The van der Waals surface area contributed by atoms with Crippen molar-refractivity contribution in [1.82, 2.24) is 10.6 Å². The fourth-order valence-electron chi connectivity index (χ4n) is 2.33. The molecule has 2 atom stereocenters. The molecule has 0 aromatic carbocycles. The summed E-state index contributed by atoms with van der Waals surface area (Å²) in [6, 6.07) is -0.747. The van der Waals surface area contributed by atoms with Gasteiger partial charge in [-0.3, -0.25) is 14.4 Å². The molecule has 0 aliphatic carbocycles. The highest BCUT2D eigenvalue weighted by atomic mass is 16.4. The lowest BCUT2D eigenvalue weighted by Gasteiger charge is -2.36. The average Bonchev–Trinajstić information content (AvgIpc) is 2.27. The zero-order chi connectivity index (χ0) is 19.5. The molecule has 1 unspecified atom stereocenters. The largest absolute Gasteiger partial charge is 0.481 e. The number of nitrogens with one attached hydrogen (secondary N) is 2. The van der Waals surface area contributed by atoms with E-state index < -0.39 is 40.2 Å². The number of carboxylic acids is 1. The van der Waals surface area contributed by atoms with Crippen molar-refractivity contribution in [2.45, 2.75) is 80.3 Å². The zero-order valence-corrected chi connectivity index (χ0v) is 16.5. The molecule has 0 aliphatic rings. The first-order valence-electron chi connectivity index (χ1n) is 8.29. The Bertz CT molecular complexity index is 479. The van der Waals surface area contributed by atoms with Crippen LogP contribution in [0.1, 0.15) is 68.7 Å². The molecule has 3 N–H and O–H groups in total. The first-order valence-corrected chi connectivity index (χ1v) is 8.29. The van der Waals surface area contributed by atoms with E-state index in [9.17, 15) is 14.4 Å². The number of carbonyl (C=O) groups is 3. The molecule has 0 bridgehead atoms. The number of carboxylic acid groups (broad SMARTS) is 1. The Morgan fingerprint density at radius 3 is 1.58 bits per heavy atom. The van der Waals surface area contributed by atoms with Crippen LogP contribution in [0.2, 0.25) is 0 Å². The molecule has 6 nitrogen and oxygen atoms in total. The van der Waals surface area contributed by atoms with Crippen molar-refractivity contribution in [2.75, 3.05) is 0 Å². The summed E-state index contributed by atoms with van der Waals surface area (Å²) in [7, 11) is 0. The van der Waals surface area contributed by atoms with Crippen molar-refractivity contribution in [3.05, 3.63) is 0 Å². The van der Waals surface area contributed by atoms with E-state index in [1.807, 2.05) is 62.3 Å². The van der Waals surface area contributed by atoms with Gasteiger partial charge >= 0.3 is 5.97 Å². The first-order chi connectivity index (χ1) is 10.4. The van der Waals surface area contributed by atoms with Crippen molar-refractivity contribution in [3.8, 4) is 0 Å². The van der Waals surface area contributed by atoms with E-state index in [0.717, 1.165) is 0 Å². The van der Waals surface area contributed by atoms with Gasteiger partial charge in [0.1, 0.15) is 6.04 Å². The predicted molar refractivity (Wildman–Crippen MR) is 94.5 cm³/mol. The lowest BCUT2D eigenvalue weighted by molar-refractivity contribution is -0.144. The molecule has 0 spiro atoms. The van der Waals surface area contributed by atoms with Crippen molar-refractivity contribution in [3.63, 3.8) is 0 Å². The van der Waals surface area contributed by atoms with Gasteiger partial charge in [-0.25, -0.2) is 0 Å². The molecule has 0 aromatic heterocycles. The van der Waals surface area contributed by atoms with Crippen LogP contribution in [0, 0.1) is 16.7 Å². The van der Waals surface area contributed by atoms with Gasteiger partial charge < -0.3 is 15.7 Å². The summed E-state index contributed by atoms with van der Waals surface area (Å²) >= 11 is 0. The van der Waals surface area contributed by atoms with Crippen molar-refractivity contribution in [1.29, 1.82) is 0 Å². The van der Waals surface area contributed by atoms with Gasteiger partial charge in [0, 0.05) is 5.54 Å². The number of rotatable bonds is 5. The summed E-state index contributed by atoms with van der Waals surface area (Å²) in [6.07, 6.45) is -0.271. The Morgan fingerprint density at radius 1 is 0.833 bits per heavy atom. The van der Waals surface area contributed by atoms with E-state index in [4.69, 9.17) is 5.11 Å². The number of amides is 2. The third-order valence-electron chi connectivity index (χ3n) is 3.65. The van der Waals surface area contributed by atoms with Crippen LogP contribution in [0.5, 0.6) is 0 Å². The van der Waals surface area contributed by atoms with E-state index >= 15 is 0 Å². The van der Waals surface area contributed by atoms with Crippen LogP contribution in [-0.2, 0) is 14.4 Å². The number of carbonyl (C=O) groups excluding carboxylic acids is 2. The molecule has 0 fully saturated rings. The fourth-order valence-corrected chi connectivity index (χ4v) is 2.33. The van der Waals surface area contributed by atoms with Crippen LogP contribution in [-0.4, -0.2) is 34.5 Å². The van der Waals surface area contributed by atoms with Gasteiger partial charge in [0.25, 0.3) is 0 Å². The molecule has 0 saturated heterocycles. The van der Waals surface area contributed by atoms with Crippen LogP contribution < -0.4 is 10.6 Å². The van der Waals surface area contributed by atoms with Crippen LogP contribution in [0.4, 0.5) is 0 Å². The van der Waals surface area contributed by atoms with Crippen molar-refractivity contribution >= 4 is 17.8 Å². The van der Waals surface area contributed by atoms with E-state index in [-0.39, 0.29) is 12.3 Å². The van der Waals surface area contributed by atoms with Gasteiger partial charge in [0.2, 0.25) is 11.8 Å². The Balaban J connectivity index is 5.44. The average molecular weight is 342 g/mol. The van der Waals surface area contributed by atoms with Gasteiger partial charge in [-0.1, -0.05) is 41.5 Å². The smallest absolute Gasteiger partial charge is 0.304 e. The van der Waals surface area contributed by atoms with Crippen LogP contribution in [0.15, 0.2) is 0 Å². The molecular formula is C18H34N2O4. The maximum Gasteiger partial charge on any atom is 0.304 e. The van der Waals surface area contributed by atoms with E-state index in [0.29, 0.717) is 0 Å². The third kappa shape index (κ3) is 7.79. The summed E-state index contributed by atoms with van der Waals surface area (Å²) < 4.78 is 0. The Labute approximate surface area is 145 Å². The summed E-state index contributed by atoms with van der Waals surface area (Å²) in [4.78, 5) is 36.4. The summed E-state index contributed by atoms with van der Waals surface area (Å²) in [6.45, 7) is 16.7. The van der Waals surface area contributed by atoms with Crippen LogP contribution >= 0.6 is 0 Å². The van der Waals surface area contributed by atoms with Gasteiger partial charge in [-0.2, -0.15) is 0 Å². The third-order valence-corrected chi connectivity index (χ3v) is 3.65. The maximum absolute atomic E-state index is 12.7. The quantitative estimate of drug-likeness (QED) is 0.715. The highest BCUT2D eigenvalue weighted by Crippen LogP contribution is 2.30. The SMILES string of the molecule is CC(C)(C)NC(=O)C(NC(=O)[C@@H](CC(=O)O)C(C)(C)C)C(C)(C)C. The Hall–Kier alpha value is -1.59. The lowest BCUT2D eigenvalue weighted by Crippen LogP contribution is -2.58. The second-order valence-electron chi connectivity index (χ2n) is 9.56. The van der Waals surface area contributed by atoms with Gasteiger partial charge in [0.05, 0.1) is 12.3 Å². The van der Waals surface area contributed by atoms with E-state index in [1.165, 1.54) is 0 Å². The molecule has 0 saturated carbocycles. The second kappa shape index (κ2) is 7.53. The fraction of sp³-hybridized carbons (Fsp3) is 0.833. The zero-order valence-electron chi connectivity index (χ0n) is 16.5. The monoisotopic (exact) mass is 342 g/mol. The predicted octanol–water partition coefficient (Wildman–Crippen LogP) is 2.57. The van der Waals surface area contributed by atoms with Gasteiger partial charge in [-0.05, 0) is 31.6 Å². The summed E-state index contributed by atoms with van der Waals surface area (Å²) in [5.41, 5.74) is -1.45. The van der Waals surface area contributed by atoms with Gasteiger partial charge in [0.15, 0.2) is 0 Å². The summed E-state index contributed by atoms with van der Waals surface area (Å²) in [5.74, 6) is -2.43. The Morgan fingerprint density at radius 2 is 1.29 bits per heavy atom. The molecule has 0 heterocycles.